The lowest BCUT2D eigenvalue weighted by Crippen LogP contribution is -2.36. The van der Waals surface area contributed by atoms with Crippen molar-refractivity contribution in [3.05, 3.63) is 36.3 Å². The summed E-state index contributed by atoms with van der Waals surface area (Å²) in [4.78, 5) is 21.8. The van der Waals surface area contributed by atoms with Gasteiger partial charge < -0.3 is 19.9 Å². The van der Waals surface area contributed by atoms with E-state index < -0.39 is 0 Å². The Hall–Kier alpha value is -2.50. The maximum atomic E-state index is 12.0. The first kappa shape index (κ1) is 16.4. The molecule has 0 atom stereocenters. The summed E-state index contributed by atoms with van der Waals surface area (Å²) in [6.45, 7) is 6.31. The van der Waals surface area contributed by atoms with Crippen LogP contribution in [0, 0.1) is 0 Å². The first-order chi connectivity index (χ1) is 11.7. The van der Waals surface area contributed by atoms with Gasteiger partial charge in [-0.05, 0) is 39.0 Å². The van der Waals surface area contributed by atoms with Crippen molar-refractivity contribution >= 4 is 22.7 Å². The number of hydrogen-bond donors (Lipinski definition) is 2. The van der Waals surface area contributed by atoms with E-state index in [0.717, 1.165) is 37.0 Å². The van der Waals surface area contributed by atoms with Gasteiger partial charge in [-0.25, -0.2) is 9.78 Å². The van der Waals surface area contributed by atoms with Crippen LogP contribution in [0.2, 0.25) is 0 Å². The minimum Gasteiger partial charge on any atom is -0.462 e. The highest BCUT2D eigenvalue weighted by Gasteiger charge is 2.18. The van der Waals surface area contributed by atoms with Gasteiger partial charge in [-0.3, -0.25) is 0 Å². The molecule has 6 nitrogen and oxygen atoms in total. The van der Waals surface area contributed by atoms with Crippen molar-refractivity contribution in [2.45, 2.75) is 32.7 Å². The summed E-state index contributed by atoms with van der Waals surface area (Å²) in [5.41, 5.74) is 2.18. The lowest BCUT2D eigenvalue weighted by Gasteiger charge is -2.32. The Morgan fingerprint density at radius 2 is 2.29 bits per heavy atom. The zero-order valence-corrected chi connectivity index (χ0v) is 14.2. The molecule has 2 N–H and O–H groups in total. The summed E-state index contributed by atoms with van der Waals surface area (Å²) in [6.07, 6.45) is 9.87. The molecule has 0 unspecified atom stereocenters. The predicted octanol–water partition coefficient (Wildman–Crippen LogP) is 3.15. The summed E-state index contributed by atoms with van der Waals surface area (Å²) >= 11 is 0. The van der Waals surface area contributed by atoms with Gasteiger partial charge in [0.1, 0.15) is 5.65 Å². The van der Waals surface area contributed by atoms with Gasteiger partial charge in [-0.1, -0.05) is 6.08 Å². The average Bonchev–Trinajstić information content (AvgIpc) is 3.00. The number of nitrogens with one attached hydrogen (secondary N) is 2. The molecule has 1 saturated heterocycles. The predicted molar refractivity (Wildman–Crippen MR) is 95.1 cm³/mol. The Morgan fingerprint density at radius 3 is 3.00 bits per heavy atom. The second kappa shape index (κ2) is 7.38. The first-order valence-electron chi connectivity index (χ1n) is 8.49. The molecule has 0 amide bonds. The number of allylic oxidation sites excluding steroid dienone is 1. The minimum atomic E-state index is -0.317. The van der Waals surface area contributed by atoms with Crippen LogP contribution in [0.5, 0.6) is 0 Å². The third kappa shape index (κ3) is 3.53. The molecule has 6 heteroatoms. The monoisotopic (exact) mass is 328 g/mol. The van der Waals surface area contributed by atoms with Crippen LogP contribution in [-0.2, 0) is 4.74 Å². The molecule has 0 saturated carbocycles. The lowest BCUT2D eigenvalue weighted by molar-refractivity contribution is 0.0529. The molecule has 1 aliphatic heterocycles. The van der Waals surface area contributed by atoms with Gasteiger partial charge >= 0.3 is 5.97 Å². The first-order valence-corrected chi connectivity index (χ1v) is 8.49. The molecule has 1 fully saturated rings. The van der Waals surface area contributed by atoms with Gasteiger partial charge in [0.15, 0.2) is 0 Å². The summed E-state index contributed by atoms with van der Waals surface area (Å²) in [5.74, 6) is -0.317. The van der Waals surface area contributed by atoms with Crippen LogP contribution in [-0.4, -0.2) is 46.6 Å². The van der Waals surface area contributed by atoms with E-state index >= 15 is 0 Å². The topological polar surface area (TPSA) is 70.2 Å². The standard InChI is InChI=1S/C18H24N4O2/c1-3-7-22-8-5-13(6-9-22)21-14-10-15-16(18(23)24-4-2)12-20-17(15)19-11-14/h3,7,10-13,21H,4-6,8-9H2,1-2H3,(H,19,20). The summed E-state index contributed by atoms with van der Waals surface area (Å²) in [5, 5.41) is 4.34. The summed E-state index contributed by atoms with van der Waals surface area (Å²) < 4.78 is 5.10. The van der Waals surface area contributed by atoms with Crippen LogP contribution in [0.15, 0.2) is 30.7 Å². The normalized spacial score (nSPS) is 16.0. The van der Waals surface area contributed by atoms with Crippen LogP contribution < -0.4 is 5.32 Å². The second-order valence-corrected chi connectivity index (χ2v) is 5.98. The Balaban J connectivity index is 1.71. The zero-order chi connectivity index (χ0) is 16.9. The van der Waals surface area contributed by atoms with Crippen molar-refractivity contribution in [2.75, 3.05) is 25.0 Å². The number of hydrogen-bond acceptors (Lipinski definition) is 5. The van der Waals surface area contributed by atoms with E-state index in [-0.39, 0.29) is 5.97 Å². The number of fused-ring (bicyclic) bond motifs is 1. The van der Waals surface area contributed by atoms with Gasteiger partial charge in [0.25, 0.3) is 0 Å². The van der Waals surface area contributed by atoms with Crippen LogP contribution >= 0.6 is 0 Å². The maximum absolute atomic E-state index is 12.0. The quantitative estimate of drug-likeness (QED) is 0.825. The van der Waals surface area contributed by atoms with E-state index in [1.807, 2.05) is 19.2 Å². The molecule has 24 heavy (non-hydrogen) atoms. The lowest BCUT2D eigenvalue weighted by atomic mass is 10.0. The zero-order valence-electron chi connectivity index (χ0n) is 14.2. The molecule has 128 valence electrons. The Labute approximate surface area is 141 Å². The van der Waals surface area contributed by atoms with Crippen molar-refractivity contribution < 1.29 is 9.53 Å². The number of nitrogens with zero attached hydrogens (tertiary/aromatic N) is 2. The second-order valence-electron chi connectivity index (χ2n) is 5.98. The fourth-order valence-corrected chi connectivity index (χ4v) is 3.10. The van der Waals surface area contributed by atoms with Crippen molar-refractivity contribution in [2.24, 2.45) is 0 Å². The molecule has 0 aliphatic carbocycles. The Bertz CT molecular complexity index is 730. The molecule has 0 aromatic carbocycles. The smallest absolute Gasteiger partial charge is 0.340 e. The molecule has 1 aliphatic rings. The summed E-state index contributed by atoms with van der Waals surface area (Å²) in [6, 6.07) is 2.40. The van der Waals surface area contributed by atoms with Crippen molar-refractivity contribution in [3.8, 4) is 0 Å². The number of carbonyl (C=O) groups excluding carboxylic acids is 1. The van der Waals surface area contributed by atoms with E-state index in [4.69, 9.17) is 4.74 Å². The molecular weight excluding hydrogens is 304 g/mol. The number of carbonyl (C=O) groups is 1. The highest BCUT2D eigenvalue weighted by Crippen LogP contribution is 2.23. The van der Waals surface area contributed by atoms with Gasteiger partial charge in [-0.2, -0.15) is 0 Å². The Kier molecular flexibility index (Phi) is 5.03. The maximum Gasteiger partial charge on any atom is 0.340 e. The number of ether oxygens (including phenoxy) is 1. The number of likely N-dealkylation sites (tertiary alicyclic amines) is 1. The van der Waals surface area contributed by atoms with Gasteiger partial charge in [0, 0.05) is 30.7 Å². The third-order valence-electron chi connectivity index (χ3n) is 4.29. The molecule has 2 aromatic rings. The van der Waals surface area contributed by atoms with Crippen molar-refractivity contribution in [1.29, 1.82) is 0 Å². The highest BCUT2D eigenvalue weighted by atomic mass is 16.5. The molecule has 3 rings (SSSR count). The molecule has 0 radical (unpaired) electrons. The highest BCUT2D eigenvalue weighted by molar-refractivity contribution is 6.03. The fraction of sp³-hybridized carbons (Fsp3) is 0.444. The molecule has 0 bridgehead atoms. The number of piperidine rings is 1. The van der Waals surface area contributed by atoms with Crippen LogP contribution in [0.3, 0.4) is 0 Å². The number of esters is 1. The van der Waals surface area contributed by atoms with Gasteiger partial charge in [0.05, 0.1) is 24.1 Å². The number of aromatic nitrogens is 2. The van der Waals surface area contributed by atoms with E-state index in [0.29, 0.717) is 23.9 Å². The molecule has 0 spiro atoms. The molecule has 2 aromatic heterocycles. The minimum absolute atomic E-state index is 0.317. The van der Waals surface area contributed by atoms with Crippen LogP contribution in [0.25, 0.3) is 11.0 Å². The Morgan fingerprint density at radius 1 is 1.50 bits per heavy atom. The van der Waals surface area contributed by atoms with Crippen LogP contribution in [0.4, 0.5) is 5.69 Å². The number of H-pyrrole nitrogens is 1. The molecule has 3 heterocycles. The van der Waals surface area contributed by atoms with E-state index in [1.165, 1.54) is 0 Å². The SMILES string of the molecule is CC=CN1CCC(Nc2cnc3[nH]cc(C(=O)OCC)c3c2)CC1. The number of anilines is 1. The van der Waals surface area contributed by atoms with E-state index in [1.54, 1.807) is 13.1 Å². The van der Waals surface area contributed by atoms with Crippen molar-refractivity contribution in [3.63, 3.8) is 0 Å². The van der Waals surface area contributed by atoms with E-state index in [2.05, 4.69) is 32.5 Å². The fourth-order valence-electron chi connectivity index (χ4n) is 3.10. The largest absolute Gasteiger partial charge is 0.462 e. The average molecular weight is 328 g/mol. The number of pyridine rings is 1. The molecular formula is C18H24N4O2. The third-order valence-corrected chi connectivity index (χ3v) is 4.29. The number of rotatable bonds is 5. The van der Waals surface area contributed by atoms with Crippen molar-refractivity contribution in [1.82, 2.24) is 14.9 Å². The van der Waals surface area contributed by atoms with Gasteiger partial charge in [-0.15, -0.1) is 0 Å². The van der Waals surface area contributed by atoms with E-state index in [9.17, 15) is 4.79 Å². The number of aromatic amines is 1. The van der Waals surface area contributed by atoms with Gasteiger partial charge in [0.2, 0.25) is 0 Å². The van der Waals surface area contributed by atoms with Crippen LogP contribution in [0.1, 0.15) is 37.0 Å². The summed E-state index contributed by atoms with van der Waals surface area (Å²) in [7, 11) is 0.